The van der Waals surface area contributed by atoms with Crippen molar-refractivity contribution in [2.75, 3.05) is 5.32 Å². The van der Waals surface area contributed by atoms with Gasteiger partial charge >= 0.3 is 0 Å². The number of nitrogens with one attached hydrogen (secondary N) is 2. The lowest BCUT2D eigenvalue weighted by atomic mass is 10.2. The van der Waals surface area contributed by atoms with Gasteiger partial charge in [0.1, 0.15) is 0 Å². The molecule has 0 amide bonds. The number of benzene rings is 1. The average molecular weight is 315 g/mol. The lowest BCUT2D eigenvalue weighted by Crippen LogP contribution is -2.01. The van der Waals surface area contributed by atoms with Crippen molar-refractivity contribution in [3.63, 3.8) is 0 Å². The van der Waals surface area contributed by atoms with Crippen molar-refractivity contribution in [3.8, 4) is 0 Å². The molecule has 1 heterocycles. The van der Waals surface area contributed by atoms with Crippen LogP contribution in [-0.2, 0) is 6.54 Å². The molecule has 0 radical (unpaired) electrons. The molecule has 0 saturated heterocycles. The Bertz CT molecular complexity index is 517. The Morgan fingerprint density at radius 2 is 2.18 bits per heavy atom. The lowest BCUT2D eigenvalue weighted by Gasteiger charge is -2.07. The first-order valence-corrected chi connectivity index (χ1v) is 6.44. The molecule has 0 aliphatic carbocycles. The summed E-state index contributed by atoms with van der Waals surface area (Å²) in [6.07, 6.45) is 0. The SMILES string of the molecule is Cc1n[nH]c(C)c1CNc1ccc(Br)c(Cl)c1. The lowest BCUT2D eigenvalue weighted by molar-refractivity contribution is 1.02. The third-order valence-electron chi connectivity index (χ3n) is 2.67. The zero-order valence-electron chi connectivity index (χ0n) is 9.64. The molecule has 3 nitrogen and oxygen atoms in total. The first-order chi connectivity index (χ1) is 8.08. The van der Waals surface area contributed by atoms with Crippen molar-refractivity contribution in [1.29, 1.82) is 0 Å². The number of H-pyrrole nitrogens is 1. The molecule has 0 bridgehead atoms. The molecule has 0 aliphatic rings. The number of hydrogen-bond donors (Lipinski definition) is 2. The van der Waals surface area contributed by atoms with Crippen LogP contribution in [0, 0.1) is 13.8 Å². The highest BCUT2D eigenvalue weighted by atomic mass is 79.9. The maximum atomic E-state index is 6.03. The summed E-state index contributed by atoms with van der Waals surface area (Å²) in [5.74, 6) is 0. The molecule has 2 aromatic rings. The van der Waals surface area contributed by atoms with E-state index in [0.29, 0.717) is 5.02 Å². The van der Waals surface area contributed by atoms with E-state index in [9.17, 15) is 0 Å². The van der Waals surface area contributed by atoms with Gasteiger partial charge in [-0.15, -0.1) is 0 Å². The first kappa shape index (κ1) is 12.5. The van der Waals surface area contributed by atoms with E-state index >= 15 is 0 Å². The molecule has 0 aliphatic heterocycles. The van der Waals surface area contributed by atoms with Crippen LogP contribution < -0.4 is 5.32 Å². The van der Waals surface area contributed by atoms with Crippen LogP contribution in [0.1, 0.15) is 17.0 Å². The Labute approximate surface area is 114 Å². The third kappa shape index (κ3) is 2.82. The fraction of sp³-hybridized carbons (Fsp3) is 0.250. The van der Waals surface area contributed by atoms with Gasteiger partial charge in [-0.2, -0.15) is 5.10 Å². The summed E-state index contributed by atoms with van der Waals surface area (Å²) in [6.45, 7) is 4.76. The highest BCUT2D eigenvalue weighted by Gasteiger charge is 2.06. The van der Waals surface area contributed by atoms with Gasteiger partial charge in [0, 0.05) is 28.0 Å². The fourth-order valence-corrected chi connectivity index (χ4v) is 2.06. The number of rotatable bonds is 3. The second-order valence-corrected chi connectivity index (χ2v) is 5.16. The molecule has 0 fully saturated rings. The van der Waals surface area contributed by atoms with Gasteiger partial charge < -0.3 is 5.32 Å². The van der Waals surface area contributed by atoms with Crippen molar-refractivity contribution >= 4 is 33.2 Å². The van der Waals surface area contributed by atoms with Gasteiger partial charge in [0.05, 0.1) is 10.7 Å². The van der Waals surface area contributed by atoms with Crippen LogP contribution in [0.15, 0.2) is 22.7 Å². The molecular weight excluding hydrogens is 302 g/mol. The van der Waals surface area contributed by atoms with Crippen LogP contribution in [0.4, 0.5) is 5.69 Å². The molecule has 0 unspecified atom stereocenters. The van der Waals surface area contributed by atoms with Gasteiger partial charge in [-0.25, -0.2) is 0 Å². The Morgan fingerprint density at radius 1 is 1.41 bits per heavy atom. The molecule has 2 N–H and O–H groups in total. The molecular formula is C12H13BrClN3. The van der Waals surface area contributed by atoms with Gasteiger partial charge in [0.15, 0.2) is 0 Å². The summed E-state index contributed by atoms with van der Waals surface area (Å²) in [4.78, 5) is 0. The Morgan fingerprint density at radius 3 is 2.76 bits per heavy atom. The monoisotopic (exact) mass is 313 g/mol. The summed E-state index contributed by atoms with van der Waals surface area (Å²) >= 11 is 9.40. The number of aromatic nitrogens is 2. The Balaban J connectivity index is 2.10. The largest absolute Gasteiger partial charge is 0.381 e. The second-order valence-electron chi connectivity index (χ2n) is 3.90. The number of aryl methyl sites for hydroxylation is 2. The summed E-state index contributed by atoms with van der Waals surface area (Å²) in [7, 11) is 0. The van der Waals surface area contributed by atoms with E-state index in [-0.39, 0.29) is 0 Å². The molecule has 1 aromatic carbocycles. The molecule has 90 valence electrons. The zero-order chi connectivity index (χ0) is 12.4. The molecule has 0 atom stereocenters. The van der Waals surface area contributed by atoms with E-state index in [1.807, 2.05) is 32.0 Å². The molecule has 2 rings (SSSR count). The van der Waals surface area contributed by atoms with Crippen molar-refractivity contribution in [3.05, 3.63) is 44.6 Å². The minimum absolute atomic E-state index is 0.704. The van der Waals surface area contributed by atoms with Gasteiger partial charge in [0.2, 0.25) is 0 Å². The number of hydrogen-bond acceptors (Lipinski definition) is 2. The Kier molecular flexibility index (Phi) is 3.74. The van der Waals surface area contributed by atoms with Crippen LogP contribution >= 0.6 is 27.5 Å². The number of halogens is 2. The Hall–Kier alpha value is -1.000. The predicted octanol–water partition coefficient (Wildman–Crippen LogP) is 4.05. The third-order valence-corrected chi connectivity index (χ3v) is 3.90. The predicted molar refractivity (Wildman–Crippen MR) is 74.5 cm³/mol. The van der Waals surface area contributed by atoms with Crippen molar-refractivity contribution in [2.45, 2.75) is 20.4 Å². The summed E-state index contributed by atoms with van der Waals surface area (Å²) in [5.41, 5.74) is 4.32. The maximum Gasteiger partial charge on any atom is 0.0643 e. The van der Waals surface area contributed by atoms with E-state index < -0.39 is 0 Å². The standard InChI is InChI=1S/C12H13BrClN3/c1-7-10(8(2)17-16-7)6-15-9-3-4-11(13)12(14)5-9/h3-5,15H,6H2,1-2H3,(H,16,17). The minimum Gasteiger partial charge on any atom is -0.381 e. The van der Waals surface area contributed by atoms with Crippen LogP contribution in [0.5, 0.6) is 0 Å². The van der Waals surface area contributed by atoms with Gasteiger partial charge in [-0.05, 0) is 48.0 Å². The zero-order valence-corrected chi connectivity index (χ0v) is 12.0. The maximum absolute atomic E-state index is 6.03. The normalized spacial score (nSPS) is 10.6. The van der Waals surface area contributed by atoms with Gasteiger partial charge in [-0.1, -0.05) is 11.6 Å². The van der Waals surface area contributed by atoms with E-state index in [2.05, 4.69) is 31.4 Å². The molecule has 17 heavy (non-hydrogen) atoms. The smallest absolute Gasteiger partial charge is 0.0643 e. The summed E-state index contributed by atoms with van der Waals surface area (Å²) < 4.78 is 0.903. The average Bonchev–Trinajstić information content (AvgIpc) is 2.61. The van der Waals surface area contributed by atoms with Crippen molar-refractivity contribution < 1.29 is 0 Å². The highest BCUT2D eigenvalue weighted by molar-refractivity contribution is 9.10. The molecule has 1 aromatic heterocycles. The highest BCUT2D eigenvalue weighted by Crippen LogP contribution is 2.26. The van der Waals surface area contributed by atoms with Gasteiger partial charge in [0.25, 0.3) is 0 Å². The molecule has 0 spiro atoms. The van der Waals surface area contributed by atoms with E-state index in [4.69, 9.17) is 11.6 Å². The minimum atomic E-state index is 0.704. The molecule has 5 heteroatoms. The number of aromatic amines is 1. The van der Waals surface area contributed by atoms with Gasteiger partial charge in [-0.3, -0.25) is 5.10 Å². The van der Waals surface area contributed by atoms with E-state index in [1.54, 1.807) is 0 Å². The summed E-state index contributed by atoms with van der Waals surface area (Å²) in [5, 5.41) is 11.2. The number of nitrogens with zero attached hydrogens (tertiary/aromatic N) is 1. The topological polar surface area (TPSA) is 40.7 Å². The van der Waals surface area contributed by atoms with E-state index in [1.165, 1.54) is 5.56 Å². The first-order valence-electron chi connectivity index (χ1n) is 5.27. The van der Waals surface area contributed by atoms with Crippen molar-refractivity contribution in [2.24, 2.45) is 0 Å². The van der Waals surface area contributed by atoms with Crippen LogP contribution in [-0.4, -0.2) is 10.2 Å². The molecule has 0 saturated carbocycles. The van der Waals surface area contributed by atoms with Crippen LogP contribution in [0.25, 0.3) is 0 Å². The van der Waals surface area contributed by atoms with Crippen LogP contribution in [0.3, 0.4) is 0 Å². The van der Waals surface area contributed by atoms with Crippen LogP contribution in [0.2, 0.25) is 5.02 Å². The quantitative estimate of drug-likeness (QED) is 0.897. The fourth-order valence-electron chi connectivity index (χ4n) is 1.63. The van der Waals surface area contributed by atoms with Crippen molar-refractivity contribution in [1.82, 2.24) is 10.2 Å². The van der Waals surface area contributed by atoms with E-state index in [0.717, 1.165) is 28.1 Å². The summed E-state index contributed by atoms with van der Waals surface area (Å²) in [6, 6.07) is 5.82. The number of anilines is 1. The second kappa shape index (κ2) is 5.10.